The van der Waals surface area contributed by atoms with Gasteiger partial charge in [-0.15, -0.1) is 6.42 Å². The van der Waals surface area contributed by atoms with Crippen molar-refractivity contribution in [1.82, 2.24) is 20.1 Å². The van der Waals surface area contributed by atoms with Crippen molar-refractivity contribution in [2.75, 3.05) is 27.0 Å². The molecule has 15 heteroatoms. The number of aryl methyl sites for hydroxylation is 1. The third kappa shape index (κ3) is 4.56. The number of piperazine rings is 1. The van der Waals surface area contributed by atoms with Gasteiger partial charge >= 0.3 is 11.9 Å². The van der Waals surface area contributed by atoms with E-state index in [2.05, 4.69) is 32.3 Å². The molecule has 7 heterocycles. The maximum atomic E-state index is 15.4. The molecule has 4 bridgehead atoms. The molecule has 0 amide bonds. The minimum absolute atomic E-state index is 0.0269. The fraction of sp³-hybridized carbons (Fsp3) is 0.455. The van der Waals surface area contributed by atoms with Crippen molar-refractivity contribution >= 4 is 34.6 Å². The second kappa shape index (κ2) is 12.3. The lowest BCUT2D eigenvalue weighted by Crippen LogP contribution is -2.70. The molecule has 14 nitrogen and oxygen atoms in total. The lowest BCUT2D eigenvalue weighted by atomic mass is 9.75. The Balaban J connectivity index is 1.17. The van der Waals surface area contributed by atoms with E-state index in [-0.39, 0.29) is 43.8 Å². The molecule has 4 aromatic rings. The number of piperidine rings is 1. The number of nitrogens with zero attached hydrogens (tertiary/aromatic N) is 2. The van der Waals surface area contributed by atoms with E-state index in [1.54, 1.807) is 6.92 Å². The van der Waals surface area contributed by atoms with Gasteiger partial charge in [-0.2, -0.15) is 0 Å². The summed E-state index contributed by atoms with van der Waals surface area (Å²) in [6, 6.07) is 6.97. The molecule has 3 aromatic carbocycles. The number of para-hydroxylation sites is 1. The molecule has 9 atom stereocenters. The van der Waals surface area contributed by atoms with Gasteiger partial charge in [-0.25, -0.2) is 4.79 Å². The van der Waals surface area contributed by atoms with E-state index >= 15 is 4.79 Å². The number of fused-ring (bicyclic) bond motifs is 18. The van der Waals surface area contributed by atoms with Crippen molar-refractivity contribution in [3.8, 4) is 40.4 Å². The van der Waals surface area contributed by atoms with Gasteiger partial charge in [0.25, 0.3) is 0 Å². The predicted octanol–water partition coefficient (Wildman–Crippen LogP) is 4.31. The SMILES string of the molecule is C#CS[C@H]1[C@H]2[C@H]3c4c(cc(C)c(OC)c4O)[C@@]4(C)CC(O)(CN34)N2[C@H]2CC1(OC(=O)[C@@H]1N[C@H](CN)Cc3c1[nH]c1ccccc31)c1c(OC(C)=O)c(C)c3c(c12)OCO3. The number of phenols is 1. The Morgan fingerprint density at radius 2 is 1.95 bits per heavy atom. The van der Waals surface area contributed by atoms with Gasteiger partial charge < -0.3 is 44.6 Å². The molecule has 1 aliphatic carbocycles. The highest BCUT2D eigenvalue weighted by Gasteiger charge is 2.76. The number of hydrogen-bond donors (Lipinski definition) is 5. The van der Waals surface area contributed by atoms with Crippen LogP contribution in [0, 0.1) is 25.5 Å². The Bertz CT molecular complexity index is 2610. The Morgan fingerprint density at radius 1 is 1.17 bits per heavy atom. The molecule has 6 aliphatic heterocycles. The summed E-state index contributed by atoms with van der Waals surface area (Å²) in [5.41, 5.74) is 9.17. The van der Waals surface area contributed by atoms with Crippen molar-refractivity contribution in [3.05, 3.63) is 75.0 Å². The van der Waals surface area contributed by atoms with Crippen LogP contribution in [-0.2, 0) is 31.9 Å². The van der Waals surface area contributed by atoms with Gasteiger partial charge in [-0.05, 0) is 61.3 Å². The van der Waals surface area contributed by atoms with Gasteiger partial charge in [0.2, 0.25) is 6.79 Å². The third-order valence-electron chi connectivity index (χ3n) is 14.3. The van der Waals surface area contributed by atoms with Crippen LogP contribution in [0.3, 0.4) is 0 Å². The van der Waals surface area contributed by atoms with E-state index in [9.17, 15) is 15.0 Å². The summed E-state index contributed by atoms with van der Waals surface area (Å²) in [4.78, 5) is 36.4. The van der Waals surface area contributed by atoms with Crippen LogP contribution in [0.25, 0.3) is 10.9 Å². The van der Waals surface area contributed by atoms with Crippen molar-refractivity contribution in [2.45, 2.75) is 99.3 Å². The van der Waals surface area contributed by atoms with Gasteiger partial charge in [-0.1, -0.05) is 30.0 Å². The monoisotopic (exact) mass is 819 g/mol. The largest absolute Gasteiger partial charge is 0.504 e. The van der Waals surface area contributed by atoms with E-state index in [0.29, 0.717) is 58.0 Å². The van der Waals surface area contributed by atoms with Crippen molar-refractivity contribution < 1.29 is 43.5 Å². The summed E-state index contributed by atoms with van der Waals surface area (Å²) >= 11 is 1.17. The number of carbonyl (C=O) groups excluding carboxylic acids is 2. The number of nitrogens with two attached hydrogens (primary N) is 1. The molecule has 2 unspecified atom stereocenters. The number of aromatic nitrogens is 1. The zero-order valence-corrected chi connectivity index (χ0v) is 34.1. The summed E-state index contributed by atoms with van der Waals surface area (Å²) in [5.74, 6) is 0.313. The smallest absolute Gasteiger partial charge is 0.330 e. The second-order valence-corrected chi connectivity index (χ2v) is 18.3. The number of aromatic hydroxyl groups is 1. The van der Waals surface area contributed by atoms with Crippen LogP contribution in [-0.4, -0.2) is 87.0 Å². The van der Waals surface area contributed by atoms with Crippen LogP contribution in [0.15, 0.2) is 30.3 Å². The topological polar surface area (TPSA) is 181 Å². The molecular formula is C44H45N5O9S. The number of aliphatic hydroxyl groups is 1. The van der Waals surface area contributed by atoms with Crippen LogP contribution in [0.1, 0.15) is 89.5 Å². The van der Waals surface area contributed by atoms with Crippen molar-refractivity contribution in [2.24, 2.45) is 5.73 Å². The minimum atomic E-state index is -1.56. The Morgan fingerprint density at radius 3 is 2.69 bits per heavy atom. The highest BCUT2D eigenvalue weighted by Crippen LogP contribution is 2.73. The van der Waals surface area contributed by atoms with E-state index < -0.39 is 58.2 Å². The maximum Gasteiger partial charge on any atom is 0.330 e. The molecule has 6 N–H and O–H groups in total. The summed E-state index contributed by atoms with van der Waals surface area (Å²) in [7, 11) is 1.54. The van der Waals surface area contributed by atoms with Gasteiger partial charge in [0.05, 0.1) is 18.4 Å². The number of phenolic OH excluding ortho intramolecular Hbond substituents is 1. The molecule has 11 rings (SSSR count). The van der Waals surface area contributed by atoms with Gasteiger partial charge in [0.15, 0.2) is 28.6 Å². The Hall–Kier alpha value is -4.95. The standard InChI is InChI=1S/C44H45N5O9S/c1-7-59-40-34-33-28-25(12-19(2)36(54-6)35(28)51)42(5)16-43(53,17-48(33)42)49(34)27-14-44(40,30-29(27)39-38(55-18-56-39)20(3)37(30)57-21(4)50)58-41(52)32-31-24(13-22(15-45)46-32)23-10-8-9-11-26(23)47-31/h1,8-12,22,27,32-34,40,46-47,51,53H,13-18,45H2,2-6H3/t22-,27-,32+,33+,34+,40-,42+,43?,44?/m0/s1. The van der Waals surface area contributed by atoms with Crippen LogP contribution in [0.4, 0.5) is 0 Å². The summed E-state index contributed by atoms with van der Waals surface area (Å²) in [6.07, 6.45) is 7.41. The highest BCUT2D eigenvalue weighted by molar-refractivity contribution is 8.04. The number of methoxy groups -OCH3 is 1. The van der Waals surface area contributed by atoms with E-state index in [1.165, 1.54) is 25.8 Å². The molecule has 3 saturated heterocycles. The number of hydrogen-bond acceptors (Lipinski definition) is 14. The number of carbonyl (C=O) groups is 2. The lowest BCUT2D eigenvalue weighted by molar-refractivity contribution is -0.219. The Kier molecular flexibility index (Phi) is 7.74. The normalized spacial score (nSPS) is 32.9. The Labute approximate surface area is 344 Å². The number of H-pyrrole nitrogens is 1. The molecule has 59 heavy (non-hydrogen) atoms. The molecule has 3 fully saturated rings. The zero-order valence-electron chi connectivity index (χ0n) is 33.3. The molecule has 306 valence electrons. The number of rotatable bonds is 6. The maximum absolute atomic E-state index is 15.4. The van der Waals surface area contributed by atoms with Crippen molar-refractivity contribution in [3.63, 3.8) is 0 Å². The first kappa shape index (κ1) is 37.1. The van der Waals surface area contributed by atoms with Crippen LogP contribution in [0.2, 0.25) is 0 Å². The average molecular weight is 820 g/mol. The summed E-state index contributed by atoms with van der Waals surface area (Å²) < 4.78 is 31.5. The first-order chi connectivity index (χ1) is 28.3. The molecule has 1 aromatic heterocycles. The number of terminal acetylenes is 1. The number of nitrogens with one attached hydrogen (secondary N) is 2. The first-order valence-electron chi connectivity index (χ1n) is 20.0. The number of esters is 2. The first-order valence-corrected chi connectivity index (χ1v) is 20.9. The van der Waals surface area contributed by atoms with E-state index in [0.717, 1.165) is 27.6 Å². The fourth-order valence-corrected chi connectivity index (χ4v) is 13.4. The third-order valence-corrected chi connectivity index (χ3v) is 15.4. The molecular weight excluding hydrogens is 775 g/mol. The fourth-order valence-electron chi connectivity index (χ4n) is 12.4. The van der Waals surface area contributed by atoms with Gasteiger partial charge in [0, 0.05) is 95.4 Å². The average Bonchev–Trinajstić information content (AvgIpc) is 3.99. The number of thioether (sulfide) groups is 1. The van der Waals surface area contributed by atoms with E-state index in [1.807, 2.05) is 37.3 Å². The molecule has 0 radical (unpaired) electrons. The number of ether oxygens (including phenoxy) is 5. The van der Waals surface area contributed by atoms with Gasteiger partial charge in [-0.3, -0.25) is 19.9 Å². The zero-order chi connectivity index (χ0) is 41.1. The minimum Gasteiger partial charge on any atom is -0.504 e. The molecule has 0 saturated carbocycles. The van der Waals surface area contributed by atoms with Crippen molar-refractivity contribution in [1.29, 1.82) is 0 Å². The summed E-state index contributed by atoms with van der Waals surface area (Å²) in [6.45, 7) is 7.60. The van der Waals surface area contributed by atoms with Crippen LogP contribution in [0.5, 0.6) is 28.7 Å². The summed E-state index contributed by atoms with van der Waals surface area (Å²) in [5, 5.41) is 31.9. The second-order valence-electron chi connectivity index (χ2n) is 17.3. The molecule has 0 spiro atoms. The highest BCUT2D eigenvalue weighted by atomic mass is 32.2. The predicted molar refractivity (Wildman–Crippen MR) is 216 cm³/mol. The van der Waals surface area contributed by atoms with Crippen LogP contribution < -0.4 is 30.0 Å². The van der Waals surface area contributed by atoms with E-state index in [4.69, 9.17) is 35.8 Å². The number of benzene rings is 3. The lowest BCUT2D eigenvalue weighted by Gasteiger charge is -2.59. The van der Waals surface area contributed by atoms with Crippen LogP contribution >= 0.6 is 11.8 Å². The molecule has 7 aliphatic rings. The quantitative estimate of drug-likeness (QED) is 0.106. The number of aromatic amines is 1. The van der Waals surface area contributed by atoms with Gasteiger partial charge in [0.1, 0.15) is 17.5 Å².